The first-order valence-corrected chi connectivity index (χ1v) is 8.13. The number of carbonyl (C=O) groups is 1. The van der Waals surface area contributed by atoms with E-state index in [0.717, 1.165) is 18.8 Å². The zero-order chi connectivity index (χ0) is 16.9. The molecule has 1 aliphatic heterocycles. The van der Waals surface area contributed by atoms with Gasteiger partial charge in [-0.05, 0) is 30.3 Å². The molecule has 1 fully saturated rings. The number of anilines is 2. The van der Waals surface area contributed by atoms with E-state index in [0.29, 0.717) is 35.2 Å². The van der Waals surface area contributed by atoms with Crippen molar-refractivity contribution in [2.45, 2.75) is 0 Å². The smallest absolute Gasteiger partial charge is 0.259 e. The number of para-hydroxylation sites is 1. The van der Waals surface area contributed by atoms with Gasteiger partial charge in [0, 0.05) is 18.8 Å². The Morgan fingerprint density at radius 2 is 1.96 bits per heavy atom. The first kappa shape index (κ1) is 16.6. The van der Waals surface area contributed by atoms with Crippen molar-refractivity contribution < 1.29 is 14.3 Å². The monoisotopic (exact) mass is 346 g/mol. The maximum absolute atomic E-state index is 12.4. The molecule has 5 nitrogen and oxygen atoms in total. The molecule has 0 atom stereocenters. The number of methoxy groups -OCH3 is 1. The largest absolute Gasteiger partial charge is 0.496 e. The maximum Gasteiger partial charge on any atom is 0.259 e. The minimum absolute atomic E-state index is 0.234. The average molecular weight is 347 g/mol. The molecule has 0 bridgehead atoms. The van der Waals surface area contributed by atoms with Crippen LogP contribution >= 0.6 is 11.6 Å². The number of rotatable bonds is 4. The minimum Gasteiger partial charge on any atom is -0.496 e. The van der Waals surface area contributed by atoms with Gasteiger partial charge in [0.2, 0.25) is 0 Å². The lowest BCUT2D eigenvalue weighted by molar-refractivity contribution is 0.102. The van der Waals surface area contributed by atoms with Crippen LogP contribution in [0.1, 0.15) is 10.4 Å². The van der Waals surface area contributed by atoms with Gasteiger partial charge in [0.05, 0.1) is 36.6 Å². The van der Waals surface area contributed by atoms with Crippen molar-refractivity contribution in [2.75, 3.05) is 43.6 Å². The highest BCUT2D eigenvalue weighted by atomic mass is 35.5. The molecule has 1 N–H and O–H groups in total. The molecule has 1 saturated heterocycles. The van der Waals surface area contributed by atoms with Crippen LogP contribution in [0, 0.1) is 0 Å². The van der Waals surface area contributed by atoms with Crippen molar-refractivity contribution in [3.05, 3.63) is 53.1 Å². The second-order valence-corrected chi connectivity index (χ2v) is 5.83. The average Bonchev–Trinajstić information content (AvgIpc) is 2.62. The van der Waals surface area contributed by atoms with Crippen molar-refractivity contribution in [3.8, 4) is 5.75 Å². The predicted octanol–water partition coefficient (Wildman–Crippen LogP) is 3.44. The molecule has 1 amide bonds. The number of nitrogens with zero attached hydrogens (tertiary/aromatic N) is 1. The lowest BCUT2D eigenvalue weighted by Gasteiger charge is -2.29. The number of hydrogen-bond acceptors (Lipinski definition) is 4. The SMILES string of the molecule is COc1ccccc1C(=O)Nc1ccc(N2CCOCC2)c(Cl)c1. The molecular formula is C18H19ClN2O3. The second kappa shape index (κ2) is 7.55. The molecular weight excluding hydrogens is 328 g/mol. The Hall–Kier alpha value is -2.24. The summed E-state index contributed by atoms with van der Waals surface area (Å²) >= 11 is 6.39. The fourth-order valence-electron chi connectivity index (χ4n) is 2.68. The van der Waals surface area contributed by atoms with Gasteiger partial charge < -0.3 is 19.7 Å². The highest BCUT2D eigenvalue weighted by molar-refractivity contribution is 6.33. The van der Waals surface area contributed by atoms with E-state index in [2.05, 4.69) is 10.2 Å². The number of amides is 1. The molecule has 2 aromatic carbocycles. The fraction of sp³-hybridized carbons (Fsp3) is 0.278. The molecule has 126 valence electrons. The van der Waals surface area contributed by atoms with Crippen LogP contribution in [0.4, 0.5) is 11.4 Å². The van der Waals surface area contributed by atoms with Gasteiger partial charge in [-0.3, -0.25) is 4.79 Å². The lowest BCUT2D eigenvalue weighted by Crippen LogP contribution is -2.36. The summed E-state index contributed by atoms with van der Waals surface area (Å²) in [5.74, 6) is 0.300. The third-order valence-corrected chi connectivity index (χ3v) is 4.21. The molecule has 6 heteroatoms. The third-order valence-electron chi connectivity index (χ3n) is 3.91. The van der Waals surface area contributed by atoms with Crippen molar-refractivity contribution in [1.82, 2.24) is 0 Å². The van der Waals surface area contributed by atoms with Gasteiger partial charge in [-0.1, -0.05) is 23.7 Å². The zero-order valence-corrected chi connectivity index (χ0v) is 14.2. The van der Waals surface area contributed by atoms with E-state index >= 15 is 0 Å². The standard InChI is InChI=1S/C18H19ClN2O3/c1-23-17-5-3-2-4-14(17)18(22)20-13-6-7-16(15(19)12-13)21-8-10-24-11-9-21/h2-7,12H,8-11H2,1H3,(H,20,22). The Morgan fingerprint density at radius 1 is 1.21 bits per heavy atom. The van der Waals surface area contributed by atoms with E-state index < -0.39 is 0 Å². The number of halogens is 1. The van der Waals surface area contributed by atoms with Gasteiger partial charge in [0.25, 0.3) is 5.91 Å². The van der Waals surface area contributed by atoms with Gasteiger partial charge in [-0.2, -0.15) is 0 Å². The van der Waals surface area contributed by atoms with Crippen molar-refractivity contribution >= 4 is 28.9 Å². The molecule has 24 heavy (non-hydrogen) atoms. The molecule has 1 heterocycles. The zero-order valence-electron chi connectivity index (χ0n) is 13.4. The van der Waals surface area contributed by atoms with E-state index in [1.165, 1.54) is 0 Å². The molecule has 0 radical (unpaired) electrons. The number of nitrogens with one attached hydrogen (secondary N) is 1. The number of hydrogen-bond donors (Lipinski definition) is 1. The van der Waals surface area contributed by atoms with Crippen LogP contribution < -0.4 is 15.0 Å². The highest BCUT2D eigenvalue weighted by Crippen LogP contribution is 2.30. The summed E-state index contributed by atoms with van der Waals surface area (Å²) in [6.07, 6.45) is 0. The summed E-state index contributed by atoms with van der Waals surface area (Å²) in [5, 5.41) is 3.46. The molecule has 0 aromatic heterocycles. The number of ether oxygens (including phenoxy) is 2. The van der Waals surface area contributed by atoms with Crippen molar-refractivity contribution in [1.29, 1.82) is 0 Å². The van der Waals surface area contributed by atoms with Gasteiger partial charge >= 0.3 is 0 Å². The molecule has 1 aliphatic rings. The predicted molar refractivity (Wildman–Crippen MR) is 95.4 cm³/mol. The van der Waals surface area contributed by atoms with Crippen molar-refractivity contribution in [2.24, 2.45) is 0 Å². The van der Waals surface area contributed by atoms with E-state index in [-0.39, 0.29) is 5.91 Å². The summed E-state index contributed by atoms with van der Waals surface area (Å²) in [4.78, 5) is 14.6. The molecule has 2 aromatic rings. The number of morpholine rings is 1. The summed E-state index contributed by atoms with van der Waals surface area (Å²) in [6.45, 7) is 3.02. The summed E-state index contributed by atoms with van der Waals surface area (Å²) in [5.41, 5.74) is 2.08. The summed E-state index contributed by atoms with van der Waals surface area (Å²) < 4.78 is 10.6. The van der Waals surface area contributed by atoms with Crippen LogP contribution in [0.25, 0.3) is 0 Å². The lowest BCUT2D eigenvalue weighted by atomic mass is 10.1. The fourth-order valence-corrected chi connectivity index (χ4v) is 2.98. The normalized spacial score (nSPS) is 14.3. The summed E-state index contributed by atoms with van der Waals surface area (Å²) in [7, 11) is 1.54. The number of benzene rings is 2. The minimum atomic E-state index is -0.234. The summed E-state index contributed by atoms with van der Waals surface area (Å²) in [6, 6.07) is 12.6. The molecule has 0 saturated carbocycles. The third kappa shape index (κ3) is 3.63. The maximum atomic E-state index is 12.4. The number of carbonyl (C=O) groups excluding carboxylic acids is 1. The van der Waals surface area contributed by atoms with Crippen LogP contribution in [0.15, 0.2) is 42.5 Å². The van der Waals surface area contributed by atoms with E-state index in [1.807, 2.05) is 18.2 Å². The van der Waals surface area contributed by atoms with Crippen molar-refractivity contribution in [3.63, 3.8) is 0 Å². The Labute approximate surface area is 146 Å². The van der Waals surface area contributed by atoms with Gasteiger partial charge in [0.15, 0.2) is 0 Å². The van der Waals surface area contributed by atoms with Crippen LogP contribution in [0.5, 0.6) is 5.75 Å². The van der Waals surface area contributed by atoms with E-state index in [9.17, 15) is 4.79 Å². The second-order valence-electron chi connectivity index (χ2n) is 5.42. The molecule has 0 spiro atoms. The first-order valence-electron chi connectivity index (χ1n) is 7.75. The van der Waals surface area contributed by atoms with Gasteiger partial charge in [0.1, 0.15) is 5.75 Å². The van der Waals surface area contributed by atoms with Crippen LogP contribution in [0.2, 0.25) is 5.02 Å². The van der Waals surface area contributed by atoms with Gasteiger partial charge in [-0.15, -0.1) is 0 Å². The Kier molecular flexibility index (Phi) is 5.23. The Balaban J connectivity index is 1.76. The highest BCUT2D eigenvalue weighted by Gasteiger charge is 2.16. The van der Waals surface area contributed by atoms with Gasteiger partial charge in [-0.25, -0.2) is 0 Å². The van der Waals surface area contributed by atoms with E-state index in [1.54, 1.807) is 31.4 Å². The Morgan fingerprint density at radius 3 is 2.67 bits per heavy atom. The molecule has 3 rings (SSSR count). The Bertz CT molecular complexity index is 730. The first-order chi connectivity index (χ1) is 11.7. The van der Waals surface area contributed by atoms with Crippen LogP contribution in [-0.2, 0) is 4.74 Å². The van der Waals surface area contributed by atoms with Crippen LogP contribution in [-0.4, -0.2) is 39.3 Å². The molecule has 0 unspecified atom stereocenters. The molecule has 0 aliphatic carbocycles. The van der Waals surface area contributed by atoms with E-state index in [4.69, 9.17) is 21.1 Å². The quantitative estimate of drug-likeness (QED) is 0.921. The topological polar surface area (TPSA) is 50.8 Å². The van der Waals surface area contributed by atoms with Crippen LogP contribution in [0.3, 0.4) is 0 Å².